The van der Waals surface area contributed by atoms with Gasteiger partial charge in [-0.15, -0.1) is 0 Å². The van der Waals surface area contributed by atoms with Gasteiger partial charge in [-0.05, 0) is 49.1 Å². The number of nitrogens with zero attached hydrogens (tertiary/aromatic N) is 1. The lowest BCUT2D eigenvalue weighted by Crippen LogP contribution is -2.25. The molecule has 0 bridgehead atoms. The molecule has 154 valence electrons. The number of nitrogens with one attached hydrogen (secondary N) is 2. The maximum atomic E-state index is 12.4. The van der Waals surface area contributed by atoms with Gasteiger partial charge in [-0.1, -0.05) is 31.2 Å². The first-order chi connectivity index (χ1) is 14.6. The van der Waals surface area contributed by atoms with Gasteiger partial charge in [-0.25, -0.2) is 0 Å². The van der Waals surface area contributed by atoms with E-state index in [0.717, 1.165) is 23.1 Å². The molecular formula is C24H25N3O3. The number of carbonyl (C=O) groups is 2. The Balaban J connectivity index is 1.24. The van der Waals surface area contributed by atoms with Crippen molar-refractivity contribution >= 4 is 28.4 Å². The second-order valence-corrected chi connectivity index (χ2v) is 7.68. The molecule has 0 spiro atoms. The van der Waals surface area contributed by atoms with Gasteiger partial charge in [0.25, 0.3) is 5.91 Å². The van der Waals surface area contributed by atoms with Crippen molar-refractivity contribution in [2.24, 2.45) is 11.8 Å². The molecule has 1 fully saturated rings. The number of fused-ring (bicyclic) bond motifs is 1. The topological polar surface area (TPSA) is 80.3 Å². The van der Waals surface area contributed by atoms with E-state index in [2.05, 4.69) is 22.5 Å². The van der Waals surface area contributed by atoms with E-state index in [1.807, 2.05) is 30.3 Å². The second-order valence-electron chi connectivity index (χ2n) is 7.68. The number of rotatable bonds is 8. The molecule has 2 amide bonds. The van der Waals surface area contributed by atoms with Gasteiger partial charge in [0.1, 0.15) is 11.3 Å². The molecule has 1 aromatic heterocycles. The highest BCUT2D eigenvalue weighted by Crippen LogP contribution is 2.38. The summed E-state index contributed by atoms with van der Waals surface area (Å²) in [4.78, 5) is 28.9. The molecule has 1 saturated carbocycles. The monoisotopic (exact) mass is 403 g/mol. The summed E-state index contributed by atoms with van der Waals surface area (Å²) < 4.78 is 5.85. The Hall–Kier alpha value is -3.41. The van der Waals surface area contributed by atoms with Crippen molar-refractivity contribution < 1.29 is 14.3 Å². The summed E-state index contributed by atoms with van der Waals surface area (Å²) >= 11 is 0. The molecule has 6 nitrogen and oxygen atoms in total. The predicted octanol–water partition coefficient (Wildman–Crippen LogP) is 4.03. The molecule has 1 heterocycles. The fourth-order valence-corrected chi connectivity index (χ4v) is 3.41. The summed E-state index contributed by atoms with van der Waals surface area (Å²) in [6.07, 6.45) is 3.35. The molecule has 3 aromatic rings. The van der Waals surface area contributed by atoms with Crippen molar-refractivity contribution in [1.29, 1.82) is 0 Å². The van der Waals surface area contributed by atoms with Crippen LogP contribution in [-0.2, 0) is 4.79 Å². The highest BCUT2D eigenvalue weighted by Gasteiger charge is 2.39. The van der Waals surface area contributed by atoms with E-state index in [1.165, 1.54) is 0 Å². The molecule has 1 aliphatic rings. The van der Waals surface area contributed by atoms with Crippen LogP contribution in [0, 0.1) is 11.8 Å². The van der Waals surface area contributed by atoms with Crippen molar-refractivity contribution in [3.05, 3.63) is 66.4 Å². The van der Waals surface area contributed by atoms with Gasteiger partial charge in [0.05, 0.1) is 6.61 Å². The molecule has 30 heavy (non-hydrogen) atoms. The molecule has 1 aliphatic carbocycles. The van der Waals surface area contributed by atoms with E-state index in [4.69, 9.17) is 4.74 Å². The number of amides is 2. The lowest BCUT2D eigenvalue weighted by atomic mass is 10.2. The first-order valence-corrected chi connectivity index (χ1v) is 10.3. The average molecular weight is 403 g/mol. The van der Waals surface area contributed by atoms with Crippen LogP contribution in [0.2, 0.25) is 0 Å². The van der Waals surface area contributed by atoms with E-state index >= 15 is 0 Å². The summed E-state index contributed by atoms with van der Waals surface area (Å²) in [6, 6.07) is 16.8. The molecule has 6 heteroatoms. The normalized spacial score (nSPS) is 17.4. The summed E-state index contributed by atoms with van der Waals surface area (Å²) in [5, 5.41) is 6.83. The number of hydrogen-bond acceptors (Lipinski definition) is 4. The quantitative estimate of drug-likeness (QED) is 0.557. The van der Waals surface area contributed by atoms with Gasteiger partial charge in [0.2, 0.25) is 5.91 Å². The SMILES string of the molecule is CC1CC1C(=O)Nc1cccc(C(=O)NCCCOc2cccc3cccnc23)c1. The van der Waals surface area contributed by atoms with Crippen LogP contribution in [-0.4, -0.2) is 29.9 Å². The smallest absolute Gasteiger partial charge is 0.251 e. The minimum atomic E-state index is -0.169. The van der Waals surface area contributed by atoms with Crippen LogP contribution >= 0.6 is 0 Å². The van der Waals surface area contributed by atoms with Crippen molar-refractivity contribution in [2.45, 2.75) is 19.8 Å². The Morgan fingerprint density at radius 3 is 2.77 bits per heavy atom. The van der Waals surface area contributed by atoms with Crippen LogP contribution < -0.4 is 15.4 Å². The number of benzene rings is 2. The highest BCUT2D eigenvalue weighted by molar-refractivity contribution is 5.98. The van der Waals surface area contributed by atoms with Crippen molar-refractivity contribution in [3.8, 4) is 5.75 Å². The van der Waals surface area contributed by atoms with Crippen molar-refractivity contribution in [2.75, 3.05) is 18.5 Å². The van der Waals surface area contributed by atoms with Crippen LogP contribution in [0.25, 0.3) is 10.9 Å². The highest BCUT2D eigenvalue weighted by atomic mass is 16.5. The minimum absolute atomic E-state index is 0.0279. The largest absolute Gasteiger partial charge is 0.491 e. The van der Waals surface area contributed by atoms with Crippen molar-refractivity contribution in [3.63, 3.8) is 0 Å². The Labute approximate surface area is 175 Å². The molecule has 0 radical (unpaired) electrons. The molecule has 4 rings (SSSR count). The Kier molecular flexibility index (Phi) is 5.93. The van der Waals surface area contributed by atoms with Gasteiger partial charge in [-0.3, -0.25) is 14.6 Å². The number of hydrogen-bond donors (Lipinski definition) is 2. The number of pyridine rings is 1. The lowest BCUT2D eigenvalue weighted by molar-refractivity contribution is -0.117. The number of carbonyl (C=O) groups excluding carboxylic acids is 2. The van der Waals surface area contributed by atoms with E-state index in [9.17, 15) is 9.59 Å². The summed E-state index contributed by atoms with van der Waals surface area (Å²) in [5.74, 6) is 1.15. The molecule has 2 atom stereocenters. The third-order valence-corrected chi connectivity index (χ3v) is 5.30. The number of aromatic nitrogens is 1. The molecule has 2 aromatic carbocycles. The van der Waals surface area contributed by atoms with Crippen LogP contribution in [0.5, 0.6) is 5.75 Å². The van der Waals surface area contributed by atoms with Gasteiger partial charge in [0, 0.05) is 35.3 Å². The fraction of sp³-hybridized carbons (Fsp3) is 0.292. The summed E-state index contributed by atoms with van der Waals surface area (Å²) in [7, 11) is 0. The minimum Gasteiger partial charge on any atom is -0.491 e. The lowest BCUT2D eigenvalue weighted by Gasteiger charge is -2.10. The average Bonchev–Trinajstić information content (AvgIpc) is 3.50. The van der Waals surface area contributed by atoms with E-state index < -0.39 is 0 Å². The number of anilines is 1. The molecule has 0 aliphatic heterocycles. The predicted molar refractivity (Wildman–Crippen MR) is 117 cm³/mol. The zero-order chi connectivity index (χ0) is 20.9. The van der Waals surface area contributed by atoms with Gasteiger partial charge >= 0.3 is 0 Å². The zero-order valence-corrected chi connectivity index (χ0v) is 16.9. The number of para-hydroxylation sites is 1. The molecule has 2 unspecified atom stereocenters. The third kappa shape index (κ3) is 4.76. The molecule has 2 N–H and O–H groups in total. The second kappa shape index (κ2) is 8.95. The standard InChI is InChI=1S/C24H25N3O3/c1-16-14-20(16)24(29)27-19-9-2-7-18(15-19)23(28)26-12-5-13-30-21-10-3-6-17-8-4-11-25-22(17)21/h2-4,6-11,15-16,20H,5,12-14H2,1H3,(H,26,28)(H,27,29). The van der Waals surface area contributed by atoms with E-state index in [0.29, 0.717) is 36.7 Å². The molecular weight excluding hydrogens is 378 g/mol. The summed E-state index contributed by atoms with van der Waals surface area (Å²) in [5.41, 5.74) is 2.01. The Morgan fingerprint density at radius 2 is 1.93 bits per heavy atom. The zero-order valence-electron chi connectivity index (χ0n) is 16.9. The van der Waals surface area contributed by atoms with Gasteiger partial charge in [-0.2, -0.15) is 0 Å². The summed E-state index contributed by atoms with van der Waals surface area (Å²) in [6.45, 7) is 3.04. The third-order valence-electron chi connectivity index (χ3n) is 5.30. The van der Waals surface area contributed by atoms with Crippen LogP contribution in [0.4, 0.5) is 5.69 Å². The maximum Gasteiger partial charge on any atom is 0.251 e. The van der Waals surface area contributed by atoms with E-state index in [1.54, 1.807) is 30.5 Å². The van der Waals surface area contributed by atoms with Crippen LogP contribution in [0.3, 0.4) is 0 Å². The first kappa shape index (κ1) is 19.9. The van der Waals surface area contributed by atoms with Gasteiger partial charge < -0.3 is 15.4 Å². The van der Waals surface area contributed by atoms with Crippen LogP contribution in [0.15, 0.2) is 60.8 Å². The first-order valence-electron chi connectivity index (χ1n) is 10.3. The fourth-order valence-electron chi connectivity index (χ4n) is 3.41. The molecule has 0 saturated heterocycles. The van der Waals surface area contributed by atoms with Crippen molar-refractivity contribution in [1.82, 2.24) is 10.3 Å². The maximum absolute atomic E-state index is 12.4. The number of ether oxygens (including phenoxy) is 1. The Bertz CT molecular complexity index is 1060. The van der Waals surface area contributed by atoms with Crippen LogP contribution in [0.1, 0.15) is 30.1 Å². The van der Waals surface area contributed by atoms with Gasteiger partial charge in [0.15, 0.2) is 0 Å². The van der Waals surface area contributed by atoms with E-state index in [-0.39, 0.29) is 17.7 Å². The Morgan fingerprint density at radius 1 is 1.13 bits per heavy atom.